The SMILES string of the molecule is Cc1ncc(F)c(C)c1NC(=O)/C(F)=C/c1ccc2cn[nH]c2c1F. The van der Waals surface area contributed by atoms with Gasteiger partial charge in [0.1, 0.15) is 11.3 Å². The molecule has 0 aliphatic heterocycles. The van der Waals surface area contributed by atoms with Crippen molar-refractivity contribution in [3.05, 3.63) is 58.8 Å². The van der Waals surface area contributed by atoms with E-state index < -0.39 is 23.4 Å². The summed E-state index contributed by atoms with van der Waals surface area (Å²) < 4.78 is 42.0. The first kappa shape index (κ1) is 16.7. The molecule has 0 saturated heterocycles. The van der Waals surface area contributed by atoms with Gasteiger partial charge in [-0.1, -0.05) is 12.1 Å². The molecule has 2 N–H and O–H groups in total. The molecule has 2 heterocycles. The quantitative estimate of drug-likeness (QED) is 0.709. The molecule has 0 atom stereocenters. The predicted molar refractivity (Wildman–Crippen MR) is 87.4 cm³/mol. The average Bonchev–Trinajstić information content (AvgIpc) is 3.07. The summed E-state index contributed by atoms with van der Waals surface area (Å²) in [5, 5.41) is 8.95. The largest absolute Gasteiger partial charge is 0.318 e. The number of nitrogens with one attached hydrogen (secondary N) is 2. The number of pyridine rings is 1. The minimum absolute atomic E-state index is 0.0815. The van der Waals surface area contributed by atoms with Crippen molar-refractivity contribution < 1.29 is 18.0 Å². The van der Waals surface area contributed by atoms with Crippen molar-refractivity contribution in [2.75, 3.05) is 5.32 Å². The minimum Gasteiger partial charge on any atom is -0.318 e. The smallest absolute Gasteiger partial charge is 0.284 e. The third-order valence-electron chi connectivity index (χ3n) is 3.79. The second kappa shape index (κ2) is 6.39. The molecule has 3 rings (SSSR count). The van der Waals surface area contributed by atoms with E-state index in [0.29, 0.717) is 11.1 Å². The zero-order valence-electron chi connectivity index (χ0n) is 13.3. The van der Waals surface area contributed by atoms with E-state index in [-0.39, 0.29) is 22.3 Å². The fraction of sp³-hybridized carbons (Fsp3) is 0.118. The van der Waals surface area contributed by atoms with Crippen LogP contribution in [0.1, 0.15) is 16.8 Å². The highest BCUT2D eigenvalue weighted by Gasteiger charge is 2.16. The van der Waals surface area contributed by atoms with Crippen LogP contribution in [0.5, 0.6) is 0 Å². The third kappa shape index (κ3) is 3.10. The Hall–Kier alpha value is -3.16. The molecular weight excluding hydrogens is 333 g/mol. The lowest BCUT2D eigenvalue weighted by Gasteiger charge is -2.10. The number of halogens is 3. The molecular formula is C17H13F3N4O. The summed E-state index contributed by atoms with van der Waals surface area (Å²) in [6.45, 7) is 2.99. The van der Waals surface area contributed by atoms with Crippen LogP contribution in [0.25, 0.3) is 17.0 Å². The lowest BCUT2D eigenvalue weighted by Crippen LogP contribution is -2.15. The number of aromatic amines is 1. The van der Waals surface area contributed by atoms with E-state index in [1.54, 1.807) is 13.0 Å². The molecule has 128 valence electrons. The van der Waals surface area contributed by atoms with E-state index in [2.05, 4.69) is 20.5 Å². The summed E-state index contributed by atoms with van der Waals surface area (Å²) in [6.07, 6.45) is 3.21. The molecule has 0 aliphatic carbocycles. The number of aromatic nitrogens is 3. The van der Waals surface area contributed by atoms with Gasteiger partial charge in [0, 0.05) is 16.5 Å². The first-order valence-corrected chi connectivity index (χ1v) is 7.30. The Kier molecular flexibility index (Phi) is 4.26. The number of rotatable bonds is 3. The van der Waals surface area contributed by atoms with Crippen LogP contribution in [0.4, 0.5) is 18.9 Å². The number of amides is 1. The number of aryl methyl sites for hydroxylation is 1. The summed E-state index contributed by atoms with van der Waals surface area (Å²) in [7, 11) is 0. The maximum Gasteiger partial charge on any atom is 0.284 e. The Morgan fingerprint density at radius 3 is 2.76 bits per heavy atom. The summed E-state index contributed by atoms with van der Waals surface area (Å²) in [5.74, 6) is -3.69. The Labute approximate surface area is 140 Å². The lowest BCUT2D eigenvalue weighted by molar-refractivity contribution is -0.114. The maximum atomic E-state index is 14.3. The van der Waals surface area contributed by atoms with Crippen LogP contribution in [0.2, 0.25) is 0 Å². The molecule has 0 spiro atoms. The lowest BCUT2D eigenvalue weighted by atomic mass is 10.1. The van der Waals surface area contributed by atoms with Crippen molar-refractivity contribution in [1.82, 2.24) is 15.2 Å². The number of H-pyrrole nitrogens is 1. The molecule has 8 heteroatoms. The first-order valence-electron chi connectivity index (χ1n) is 7.30. The highest BCUT2D eigenvalue weighted by Crippen LogP contribution is 2.23. The second-order valence-electron chi connectivity index (χ2n) is 5.44. The Morgan fingerprint density at radius 1 is 1.24 bits per heavy atom. The van der Waals surface area contributed by atoms with Crippen molar-refractivity contribution in [2.24, 2.45) is 0 Å². The molecule has 0 bridgehead atoms. The minimum atomic E-state index is -1.22. The van der Waals surface area contributed by atoms with Gasteiger partial charge in [0.25, 0.3) is 5.91 Å². The number of carbonyl (C=O) groups excluding carboxylic acids is 1. The summed E-state index contributed by atoms with van der Waals surface area (Å²) in [4.78, 5) is 15.8. The van der Waals surface area contributed by atoms with Gasteiger partial charge >= 0.3 is 0 Å². The van der Waals surface area contributed by atoms with E-state index in [4.69, 9.17) is 0 Å². The third-order valence-corrected chi connectivity index (χ3v) is 3.79. The highest BCUT2D eigenvalue weighted by molar-refractivity contribution is 6.05. The van der Waals surface area contributed by atoms with E-state index in [0.717, 1.165) is 12.3 Å². The molecule has 25 heavy (non-hydrogen) atoms. The second-order valence-corrected chi connectivity index (χ2v) is 5.44. The molecule has 3 aromatic rings. The fourth-order valence-electron chi connectivity index (χ4n) is 2.37. The highest BCUT2D eigenvalue weighted by atomic mass is 19.1. The number of anilines is 1. The Bertz CT molecular complexity index is 1010. The van der Waals surface area contributed by atoms with Gasteiger partial charge in [-0.15, -0.1) is 0 Å². The molecule has 2 aromatic heterocycles. The van der Waals surface area contributed by atoms with Crippen LogP contribution in [0.3, 0.4) is 0 Å². The molecule has 0 radical (unpaired) electrons. The van der Waals surface area contributed by atoms with E-state index in [1.165, 1.54) is 19.2 Å². The zero-order valence-corrected chi connectivity index (χ0v) is 13.3. The zero-order chi connectivity index (χ0) is 18.1. The first-order chi connectivity index (χ1) is 11.9. The van der Waals surface area contributed by atoms with Gasteiger partial charge in [0.2, 0.25) is 0 Å². The van der Waals surface area contributed by atoms with Crippen molar-refractivity contribution in [1.29, 1.82) is 0 Å². The monoisotopic (exact) mass is 346 g/mol. The molecule has 5 nitrogen and oxygen atoms in total. The topological polar surface area (TPSA) is 70.7 Å². The Balaban J connectivity index is 1.90. The van der Waals surface area contributed by atoms with Crippen molar-refractivity contribution >= 4 is 28.6 Å². The summed E-state index contributed by atoms with van der Waals surface area (Å²) in [6, 6.07) is 2.88. The molecule has 0 aliphatic rings. The van der Waals surface area contributed by atoms with Crippen LogP contribution in [-0.4, -0.2) is 21.1 Å². The van der Waals surface area contributed by atoms with Crippen LogP contribution in [0, 0.1) is 25.5 Å². The summed E-state index contributed by atoms with van der Waals surface area (Å²) in [5.41, 5.74) is 0.556. The molecule has 1 amide bonds. The molecule has 0 unspecified atom stereocenters. The van der Waals surface area contributed by atoms with Gasteiger partial charge < -0.3 is 5.32 Å². The van der Waals surface area contributed by atoms with Crippen molar-refractivity contribution in [2.45, 2.75) is 13.8 Å². The van der Waals surface area contributed by atoms with Gasteiger partial charge in [-0.05, 0) is 19.9 Å². The molecule has 0 saturated carbocycles. The predicted octanol–water partition coefficient (Wildman–Crippen LogP) is 3.80. The number of benzene rings is 1. The summed E-state index contributed by atoms with van der Waals surface area (Å²) >= 11 is 0. The molecule has 1 aromatic carbocycles. The number of carbonyl (C=O) groups is 1. The molecule has 0 fully saturated rings. The standard InChI is InChI=1S/C17H13F3N4O/c1-8-13(19)7-21-9(2)15(8)23-17(25)12(18)5-10-3-4-11-6-22-24-16(11)14(10)20/h3-7H,1-2H3,(H,22,24)(H,23,25)/b12-5-. The van der Waals surface area contributed by atoms with Crippen LogP contribution in [0.15, 0.2) is 30.4 Å². The van der Waals surface area contributed by atoms with Crippen molar-refractivity contribution in [3.63, 3.8) is 0 Å². The fourth-order valence-corrected chi connectivity index (χ4v) is 2.37. The van der Waals surface area contributed by atoms with Crippen LogP contribution >= 0.6 is 0 Å². The Morgan fingerprint density at radius 2 is 2.00 bits per heavy atom. The van der Waals surface area contributed by atoms with Crippen molar-refractivity contribution in [3.8, 4) is 0 Å². The normalized spacial score (nSPS) is 11.8. The van der Waals surface area contributed by atoms with Gasteiger partial charge in [-0.25, -0.2) is 13.2 Å². The number of hydrogen-bond donors (Lipinski definition) is 2. The number of fused-ring (bicyclic) bond motifs is 1. The van der Waals surface area contributed by atoms with Crippen LogP contribution in [-0.2, 0) is 4.79 Å². The van der Waals surface area contributed by atoms with Gasteiger partial charge in [-0.2, -0.15) is 5.10 Å². The number of nitrogens with zero attached hydrogens (tertiary/aromatic N) is 2. The maximum absolute atomic E-state index is 14.3. The van der Waals surface area contributed by atoms with E-state index >= 15 is 0 Å². The van der Waals surface area contributed by atoms with E-state index in [1.807, 2.05) is 0 Å². The van der Waals surface area contributed by atoms with Gasteiger partial charge in [-0.3, -0.25) is 14.9 Å². The van der Waals surface area contributed by atoms with Crippen LogP contribution < -0.4 is 5.32 Å². The van der Waals surface area contributed by atoms with Gasteiger partial charge in [0.15, 0.2) is 11.6 Å². The van der Waals surface area contributed by atoms with Gasteiger partial charge in [0.05, 0.1) is 23.8 Å². The average molecular weight is 346 g/mol. The number of hydrogen-bond acceptors (Lipinski definition) is 3. The van der Waals surface area contributed by atoms with E-state index in [9.17, 15) is 18.0 Å².